The van der Waals surface area contributed by atoms with Gasteiger partial charge in [-0.05, 0) is 78.3 Å². The molecule has 2 aliphatic rings. The molecular formula is C44H46F3N3O5. The second-order valence-corrected chi connectivity index (χ2v) is 14.5. The fourth-order valence-corrected chi connectivity index (χ4v) is 7.50. The van der Waals surface area contributed by atoms with Crippen molar-refractivity contribution in [3.63, 3.8) is 0 Å². The Morgan fingerprint density at radius 2 is 1.16 bits per heavy atom. The molecule has 288 valence electrons. The van der Waals surface area contributed by atoms with Crippen LogP contribution in [0.25, 0.3) is 11.1 Å². The minimum absolute atomic E-state index is 0.0696. The third kappa shape index (κ3) is 9.81. The summed E-state index contributed by atoms with van der Waals surface area (Å²) in [5.41, 5.74) is 0.0972. The molecule has 55 heavy (non-hydrogen) atoms. The lowest BCUT2D eigenvalue weighted by molar-refractivity contribution is -0.151. The Morgan fingerprint density at radius 3 is 1.73 bits per heavy atom. The van der Waals surface area contributed by atoms with Gasteiger partial charge in [0.05, 0.1) is 12.0 Å². The average Bonchev–Trinajstić information content (AvgIpc) is 3.20. The average molecular weight is 754 g/mol. The molecule has 0 unspecified atom stereocenters. The Balaban J connectivity index is 1.14. The summed E-state index contributed by atoms with van der Waals surface area (Å²) in [5, 5.41) is 9.09. The molecular weight excluding hydrogens is 707 g/mol. The van der Waals surface area contributed by atoms with Crippen molar-refractivity contribution in [2.45, 2.75) is 94.3 Å². The van der Waals surface area contributed by atoms with Gasteiger partial charge in [0.1, 0.15) is 6.61 Å². The molecule has 0 aliphatic heterocycles. The van der Waals surface area contributed by atoms with E-state index in [1.54, 1.807) is 72.8 Å². The molecule has 11 heteroatoms. The summed E-state index contributed by atoms with van der Waals surface area (Å²) in [4.78, 5) is 55.4. The Morgan fingerprint density at radius 1 is 0.618 bits per heavy atom. The highest BCUT2D eigenvalue weighted by Crippen LogP contribution is 2.33. The lowest BCUT2D eigenvalue weighted by atomic mass is 9.77. The zero-order valence-corrected chi connectivity index (χ0v) is 30.6. The van der Waals surface area contributed by atoms with E-state index in [1.165, 1.54) is 12.1 Å². The monoisotopic (exact) mass is 753 g/mol. The van der Waals surface area contributed by atoms with Crippen molar-refractivity contribution in [3.8, 4) is 11.1 Å². The molecule has 2 fully saturated rings. The van der Waals surface area contributed by atoms with Crippen LogP contribution in [0.1, 0.15) is 91.3 Å². The fourth-order valence-electron chi connectivity index (χ4n) is 7.50. The Kier molecular flexibility index (Phi) is 12.7. The lowest BCUT2D eigenvalue weighted by Crippen LogP contribution is -2.60. The molecule has 2 saturated carbocycles. The molecule has 3 amide bonds. The smallest absolute Gasteiger partial charge is 0.416 e. The van der Waals surface area contributed by atoms with Gasteiger partial charge < -0.3 is 20.7 Å². The number of anilines is 1. The van der Waals surface area contributed by atoms with E-state index in [0.29, 0.717) is 27.9 Å². The van der Waals surface area contributed by atoms with Gasteiger partial charge in [0.2, 0.25) is 11.8 Å². The fraction of sp³-hybridized carbons (Fsp3) is 0.364. The van der Waals surface area contributed by atoms with Crippen LogP contribution in [-0.2, 0) is 37.1 Å². The van der Waals surface area contributed by atoms with Gasteiger partial charge in [-0.3, -0.25) is 19.2 Å². The second kappa shape index (κ2) is 17.8. The van der Waals surface area contributed by atoms with E-state index in [1.807, 2.05) is 6.07 Å². The number of nitrogens with one attached hydrogen (secondary N) is 3. The van der Waals surface area contributed by atoms with E-state index in [9.17, 15) is 32.3 Å². The zero-order valence-electron chi connectivity index (χ0n) is 30.6. The molecule has 4 aromatic rings. The summed E-state index contributed by atoms with van der Waals surface area (Å²) in [7, 11) is 0. The first kappa shape index (κ1) is 39.2. The van der Waals surface area contributed by atoms with Crippen molar-refractivity contribution >= 4 is 29.4 Å². The maximum Gasteiger partial charge on any atom is 0.416 e. The van der Waals surface area contributed by atoms with Gasteiger partial charge in [0.15, 0.2) is 5.41 Å². The predicted molar refractivity (Wildman–Crippen MR) is 204 cm³/mol. The maximum absolute atomic E-state index is 14.3. The first-order valence-electron chi connectivity index (χ1n) is 19.0. The summed E-state index contributed by atoms with van der Waals surface area (Å²) >= 11 is 0. The minimum Gasteiger partial charge on any atom is -0.463 e. The number of halogens is 3. The van der Waals surface area contributed by atoms with Crippen LogP contribution in [0.2, 0.25) is 0 Å². The number of ether oxygens (including phenoxy) is 1. The van der Waals surface area contributed by atoms with Crippen molar-refractivity contribution in [2.75, 3.05) is 11.9 Å². The molecule has 0 bridgehead atoms. The maximum atomic E-state index is 14.3. The van der Waals surface area contributed by atoms with E-state index >= 15 is 0 Å². The van der Waals surface area contributed by atoms with E-state index in [4.69, 9.17) is 4.74 Å². The summed E-state index contributed by atoms with van der Waals surface area (Å²) in [6.45, 7) is -0.473. The molecule has 0 atom stereocenters. The molecule has 2 aliphatic carbocycles. The quantitative estimate of drug-likeness (QED) is 0.0992. The number of amides is 3. The third-order valence-electron chi connectivity index (χ3n) is 10.6. The van der Waals surface area contributed by atoms with Gasteiger partial charge in [0.25, 0.3) is 5.91 Å². The first-order chi connectivity index (χ1) is 26.5. The number of carbonyl (C=O) groups is 4. The summed E-state index contributed by atoms with van der Waals surface area (Å²) < 4.78 is 45.1. The van der Waals surface area contributed by atoms with Gasteiger partial charge in [-0.15, -0.1) is 0 Å². The lowest BCUT2D eigenvalue weighted by Gasteiger charge is -2.35. The number of hydrogen-bond acceptors (Lipinski definition) is 5. The van der Waals surface area contributed by atoms with Gasteiger partial charge in [-0.1, -0.05) is 111 Å². The number of benzene rings is 4. The Labute approximate surface area is 319 Å². The second-order valence-electron chi connectivity index (χ2n) is 14.5. The van der Waals surface area contributed by atoms with Gasteiger partial charge in [-0.25, -0.2) is 0 Å². The van der Waals surface area contributed by atoms with Crippen LogP contribution >= 0.6 is 0 Å². The van der Waals surface area contributed by atoms with Crippen molar-refractivity contribution < 1.29 is 37.1 Å². The van der Waals surface area contributed by atoms with Crippen molar-refractivity contribution in [1.29, 1.82) is 0 Å². The van der Waals surface area contributed by atoms with E-state index < -0.39 is 47.5 Å². The summed E-state index contributed by atoms with van der Waals surface area (Å²) in [5.74, 6) is -2.05. The predicted octanol–water partition coefficient (Wildman–Crippen LogP) is 8.55. The number of carbonyl (C=O) groups excluding carboxylic acids is 4. The molecule has 4 aromatic carbocycles. The summed E-state index contributed by atoms with van der Waals surface area (Å²) in [6, 6.07) is 26.5. The molecule has 0 aromatic heterocycles. The normalized spacial score (nSPS) is 15.5. The van der Waals surface area contributed by atoms with Gasteiger partial charge in [-0.2, -0.15) is 13.2 Å². The van der Waals surface area contributed by atoms with Crippen molar-refractivity contribution in [2.24, 2.45) is 0 Å². The highest BCUT2D eigenvalue weighted by Gasteiger charge is 2.50. The molecule has 0 heterocycles. The standard InChI is InChI=1S/C44H46F3N3O5/c45-44(46,47)33-24-22-31(23-25-33)37-18-10-11-19-38(37)40(52)48-36-26-20-30(21-27-36)28-39(51)55-29-43(32-12-4-1-5-13-32,41(53)49-34-14-6-2-7-15-34)42(54)50-35-16-8-3-9-17-35/h1,4-5,10-13,18-27,34-35H,2-3,6-9,14-17,28-29H2,(H,48,52)(H,49,53)(H,50,54). The summed E-state index contributed by atoms with van der Waals surface area (Å²) in [6.07, 6.45) is 4.83. The molecule has 0 radical (unpaired) electrons. The van der Waals surface area contributed by atoms with E-state index in [-0.39, 0.29) is 24.1 Å². The van der Waals surface area contributed by atoms with Gasteiger partial charge in [0, 0.05) is 23.3 Å². The number of hydrogen-bond donors (Lipinski definition) is 3. The highest BCUT2D eigenvalue weighted by molar-refractivity contribution is 6.11. The number of esters is 1. The third-order valence-corrected chi connectivity index (χ3v) is 10.6. The molecule has 3 N–H and O–H groups in total. The highest BCUT2D eigenvalue weighted by atomic mass is 19.4. The number of rotatable bonds is 12. The van der Waals surface area contributed by atoms with Crippen LogP contribution < -0.4 is 16.0 Å². The SMILES string of the molecule is O=C(Cc1ccc(NC(=O)c2ccccc2-c2ccc(C(F)(F)F)cc2)cc1)OCC(C(=O)NC1CCCCC1)(C(=O)NC1CCCCC1)c1ccccc1. The van der Waals surface area contributed by atoms with Crippen LogP contribution in [0.15, 0.2) is 103 Å². The van der Waals surface area contributed by atoms with Crippen LogP contribution in [0, 0.1) is 0 Å². The zero-order chi connectivity index (χ0) is 38.8. The van der Waals surface area contributed by atoms with Crippen LogP contribution in [0.3, 0.4) is 0 Å². The first-order valence-corrected chi connectivity index (χ1v) is 19.0. The number of alkyl halides is 3. The molecule has 8 nitrogen and oxygen atoms in total. The van der Waals surface area contributed by atoms with Crippen LogP contribution in [0.5, 0.6) is 0 Å². The van der Waals surface area contributed by atoms with Crippen molar-refractivity contribution in [1.82, 2.24) is 10.6 Å². The van der Waals surface area contributed by atoms with E-state index in [0.717, 1.165) is 76.3 Å². The Hall–Kier alpha value is -5.45. The van der Waals surface area contributed by atoms with Crippen molar-refractivity contribution in [3.05, 3.63) is 125 Å². The van der Waals surface area contributed by atoms with Crippen LogP contribution in [0.4, 0.5) is 18.9 Å². The molecule has 0 spiro atoms. The largest absolute Gasteiger partial charge is 0.463 e. The molecule has 6 rings (SSSR count). The molecule has 0 saturated heterocycles. The minimum atomic E-state index is -4.47. The topological polar surface area (TPSA) is 114 Å². The van der Waals surface area contributed by atoms with E-state index in [2.05, 4.69) is 16.0 Å². The van der Waals surface area contributed by atoms with Crippen LogP contribution in [-0.4, -0.2) is 42.4 Å². The van der Waals surface area contributed by atoms with Gasteiger partial charge >= 0.3 is 12.1 Å². The Bertz CT molecular complexity index is 1900.